The van der Waals surface area contributed by atoms with Crippen molar-refractivity contribution in [3.05, 3.63) is 59.8 Å². The number of aromatic nitrogens is 2. The summed E-state index contributed by atoms with van der Waals surface area (Å²) in [5, 5.41) is 7.95. The summed E-state index contributed by atoms with van der Waals surface area (Å²) in [6.07, 6.45) is 2.26. The van der Waals surface area contributed by atoms with E-state index >= 15 is 0 Å². The molecule has 182 valence electrons. The van der Waals surface area contributed by atoms with Gasteiger partial charge in [0.25, 0.3) is 5.91 Å². The maximum Gasteiger partial charge on any atom is 0.251 e. The van der Waals surface area contributed by atoms with Gasteiger partial charge >= 0.3 is 0 Å². The molecule has 2 bridgehead atoms. The van der Waals surface area contributed by atoms with E-state index in [0.717, 1.165) is 36.5 Å². The highest BCUT2D eigenvalue weighted by atomic mass is 16.7. The summed E-state index contributed by atoms with van der Waals surface area (Å²) in [5.74, 6) is 3.14. The van der Waals surface area contributed by atoms with Gasteiger partial charge < -0.3 is 19.5 Å². The lowest BCUT2D eigenvalue weighted by atomic mass is 9.74. The second-order valence-electron chi connectivity index (χ2n) is 9.62. The van der Waals surface area contributed by atoms with Crippen molar-refractivity contribution in [1.29, 1.82) is 0 Å². The molecule has 8 heteroatoms. The molecule has 3 saturated heterocycles. The monoisotopic (exact) mass is 474 g/mol. The minimum absolute atomic E-state index is 0.0711. The van der Waals surface area contributed by atoms with Crippen LogP contribution in [0.4, 0.5) is 0 Å². The average molecular weight is 475 g/mol. The minimum Gasteiger partial charge on any atom is -0.497 e. The summed E-state index contributed by atoms with van der Waals surface area (Å²) in [4.78, 5) is 15.3. The second kappa shape index (κ2) is 8.92. The van der Waals surface area contributed by atoms with Crippen LogP contribution in [0.2, 0.25) is 0 Å². The quantitative estimate of drug-likeness (QED) is 0.590. The molecule has 1 amide bonds. The molecule has 3 fully saturated rings. The molecule has 0 radical (unpaired) electrons. The summed E-state index contributed by atoms with van der Waals surface area (Å²) in [7, 11) is 3.72. The van der Waals surface area contributed by atoms with Gasteiger partial charge in [0.2, 0.25) is 6.79 Å². The van der Waals surface area contributed by atoms with Gasteiger partial charge in [-0.3, -0.25) is 14.4 Å². The smallest absolute Gasteiger partial charge is 0.251 e. The molecule has 1 aromatic heterocycles. The highest BCUT2D eigenvalue weighted by Crippen LogP contribution is 2.42. The summed E-state index contributed by atoms with van der Waals surface area (Å²) >= 11 is 0. The fourth-order valence-electron chi connectivity index (χ4n) is 5.77. The lowest BCUT2D eigenvalue weighted by molar-refractivity contribution is 0.0280. The molecule has 4 aliphatic heterocycles. The molecule has 5 heterocycles. The van der Waals surface area contributed by atoms with E-state index in [1.165, 1.54) is 12.1 Å². The lowest BCUT2D eigenvalue weighted by Gasteiger charge is -2.50. The van der Waals surface area contributed by atoms with E-state index in [2.05, 4.69) is 28.4 Å². The molecule has 8 nitrogen and oxygen atoms in total. The molecule has 2 aromatic carbocycles. The van der Waals surface area contributed by atoms with E-state index in [0.29, 0.717) is 41.5 Å². The van der Waals surface area contributed by atoms with Crippen LogP contribution in [0.3, 0.4) is 0 Å². The van der Waals surface area contributed by atoms with Crippen molar-refractivity contribution in [2.75, 3.05) is 33.5 Å². The Hall–Kier alpha value is -3.52. The molecule has 0 saturated carbocycles. The first kappa shape index (κ1) is 22.0. The maximum atomic E-state index is 12.8. The van der Waals surface area contributed by atoms with Crippen molar-refractivity contribution in [2.24, 2.45) is 13.0 Å². The maximum absolute atomic E-state index is 12.8. The van der Waals surface area contributed by atoms with Crippen LogP contribution in [0.5, 0.6) is 17.2 Å². The van der Waals surface area contributed by atoms with E-state index in [9.17, 15) is 4.79 Å². The fourth-order valence-corrected chi connectivity index (χ4v) is 5.77. The Morgan fingerprint density at radius 3 is 2.74 bits per heavy atom. The highest BCUT2D eigenvalue weighted by Gasteiger charge is 2.42. The molecule has 0 aliphatic carbocycles. The third-order valence-corrected chi connectivity index (χ3v) is 7.69. The van der Waals surface area contributed by atoms with Crippen LogP contribution in [-0.2, 0) is 7.05 Å². The van der Waals surface area contributed by atoms with E-state index in [1.54, 1.807) is 25.3 Å². The van der Waals surface area contributed by atoms with Crippen LogP contribution in [0.15, 0.2) is 48.5 Å². The fraction of sp³-hybridized carbons (Fsp3) is 0.407. The summed E-state index contributed by atoms with van der Waals surface area (Å²) in [6.45, 7) is 2.93. The van der Waals surface area contributed by atoms with Gasteiger partial charge in [-0.05, 0) is 73.8 Å². The molecular formula is C27H30N4O4. The van der Waals surface area contributed by atoms with Gasteiger partial charge in [-0.15, -0.1) is 0 Å². The van der Waals surface area contributed by atoms with Gasteiger partial charge in [-0.2, -0.15) is 5.10 Å². The first-order chi connectivity index (χ1) is 17.1. The van der Waals surface area contributed by atoms with Crippen molar-refractivity contribution < 1.29 is 19.0 Å². The molecule has 7 rings (SSSR count). The first-order valence-electron chi connectivity index (χ1n) is 12.2. The van der Waals surface area contributed by atoms with E-state index in [4.69, 9.17) is 19.3 Å². The van der Waals surface area contributed by atoms with Crippen LogP contribution >= 0.6 is 0 Å². The van der Waals surface area contributed by atoms with Gasteiger partial charge in [-0.1, -0.05) is 0 Å². The zero-order chi connectivity index (χ0) is 23.9. The van der Waals surface area contributed by atoms with Gasteiger partial charge in [-0.25, -0.2) is 0 Å². The number of hydrogen-bond acceptors (Lipinski definition) is 6. The number of carbonyl (C=O) groups excluding carboxylic acids is 1. The van der Waals surface area contributed by atoms with Crippen molar-refractivity contribution in [3.63, 3.8) is 0 Å². The van der Waals surface area contributed by atoms with Crippen molar-refractivity contribution in [1.82, 2.24) is 20.0 Å². The number of ether oxygens (including phenoxy) is 3. The van der Waals surface area contributed by atoms with Gasteiger partial charge in [0.1, 0.15) is 5.75 Å². The predicted octanol–water partition coefficient (Wildman–Crippen LogP) is 3.43. The van der Waals surface area contributed by atoms with Gasteiger partial charge in [0.15, 0.2) is 11.5 Å². The third-order valence-electron chi connectivity index (χ3n) is 7.69. The Bertz CT molecular complexity index is 1240. The van der Waals surface area contributed by atoms with Crippen LogP contribution < -0.4 is 19.5 Å². The van der Waals surface area contributed by atoms with Gasteiger partial charge in [0.05, 0.1) is 12.8 Å². The van der Waals surface area contributed by atoms with Crippen molar-refractivity contribution in [2.45, 2.75) is 24.8 Å². The van der Waals surface area contributed by atoms with Crippen molar-refractivity contribution >= 4 is 5.91 Å². The number of fused-ring (bicyclic) bond motifs is 4. The Morgan fingerprint density at radius 1 is 1.14 bits per heavy atom. The van der Waals surface area contributed by atoms with E-state index in [-0.39, 0.29) is 12.7 Å². The molecule has 4 aliphatic rings. The molecule has 35 heavy (non-hydrogen) atoms. The highest BCUT2D eigenvalue weighted by molar-refractivity contribution is 5.95. The number of carbonyl (C=O) groups is 1. The Balaban J connectivity index is 1.11. The number of benzene rings is 2. The number of nitrogens with zero attached hydrogens (tertiary/aromatic N) is 3. The Kier molecular flexibility index (Phi) is 5.60. The molecule has 1 N–H and O–H groups in total. The number of amides is 1. The van der Waals surface area contributed by atoms with Crippen LogP contribution in [0.1, 0.15) is 34.8 Å². The number of aryl methyl sites for hydroxylation is 1. The third kappa shape index (κ3) is 4.12. The first-order valence-corrected chi connectivity index (χ1v) is 12.2. The molecule has 0 spiro atoms. The molecular weight excluding hydrogens is 444 g/mol. The SMILES string of the molecule is COc1ccc(-c2cc(C3CN4CCC3CC4CNC(=O)c3ccc4c(c3)OCO4)n(C)n2)cc1. The standard InChI is InChI=1S/C27H30N4O4/c1-30-24(13-23(29-30)17-3-6-21(33-2)7-4-17)22-15-31-10-9-18(22)11-20(31)14-28-27(32)19-5-8-25-26(12-19)35-16-34-25/h3-8,12-13,18,20,22H,9-11,14-16H2,1-2H3,(H,28,32). The van der Waals surface area contributed by atoms with Crippen LogP contribution in [0, 0.1) is 5.92 Å². The number of methoxy groups -OCH3 is 1. The lowest BCUT2D eigenvalue weighted by Crippen LogP contribution is -2.56. The van der Waals surface area contributed by atoms with Crippen molar-refractivity contribution in [3.8, 4) is 28.5 Å². The molecule has 3 aromatic rings. The Morgan fingerprint density at radius 2 is 1.97 bits per heavy atom. The topological polar surface area (TPSA) is 77.9 Å². The minimum atomic E-state index is -0.0711. The zero-order valence-corrected chi connectivity index (χ0v) is 20.1. The van der Waals surface area contributed by atoms with E-state index in [1.807, 2.05) is 23.9 Å². The van der Waals surface area contributed by atoms with E-state index < -0.39 is 0 Å². The molecule has 4 atom stereocenters. The van der Waals surface area contributed by atoms with Crippen LogP contribution in [-0.4, -0.2) is 60.2 Å². The second-order valence-corrected chi connectivity index (χ2v) is 9.62. The normalized spacial score (nSPS) is 24.4. The van der Waals surface area contributed by atoms with Crippen LogP contribution in [0.25, 0.3) is 11.3 Å². The number of rotatable bonds is 6. The summed E-state index contributed by atoms with van der Waals surface area (Å²) < 4.78 is 18.1. The van der Waals surface area contributed by atoms with Gasteiger partial charge in [0, 0.05) is 48.9 Å². The summed E-state index contributed by atoms with van der Waals surface area (Å²) in [5.41, 5.74) is 3.98. The molecule has 4 unspecified atom stereocenters. The predicted molar refractivity (Wildman–Crippen MR) is 131 cm³/mol. The summed E-state index contributed by atoms with van der Waals surface area (Å²) in [6, 6.07) is 16.0. The largest absolute Gasteiger partial charge is 0.497 e. The number of hydrogen-bond donors (Lipinski definition) is 1. The Labute approximate surface area is 204 Å². The number of nitrogens with one attached hydrogen (secondary N) is 1. The zero-order valence-electron chi connectivity index (χ0n) is 20.1. The number of piperidine rings is 3. The average Bonchev–Trinajstić information content (AvgIpc) is 3.53.